The summed E-state index contributed by atoms with van der Waals surface area (Å²) in [7, 11) is 1.27. The lowest BCUT2D eigenvalue weighted by Crippen LogP contribution is -2.42. The van der Waals surface area contributed by atoms with Gasteiger partial charge in [0.15, 0.2) is 0 Å². The Kier molecular flexibility index (Phi) is 1.70. The predicted molar refractivity (Wildman–Crippen MR) is 46.0 cm³/mol. The van der Waals surface area contributed by atoms with E-state index in [-0.39, 0.29) is 30.2 Å². The lowest BCUT2D eigenvalue weighted by Gasteiger charge is -2.15. The number of amides is 1. The number of nitrogens with one attached hydrogen (secondary N) is 1. The van der Waals surface area contributed by atoms with Crippen LogP contribution < -0.4 is 5.32 Å². The first kappa shape index (κ1) is 8.96. The molecule has 15 heavy (non-hydrogen) atoms. The fourth-order valence-corrected chi connectivity index (χ4v) is 2.50. The molecule has 6 heteroatoms. The Morgan fingerprint density at radius 1 is 1.53 bits per heavy atom. The van der Waals surface area contributed by atoms with Crippen LogP contribution in [0.5, 0.6) is 0 Å². The summed E-state index contributed by atoms with van der Waals surface area (Å²) in [5.41, 5.74) is 0. The molecule has 0 radical (unpaired) electrons. The summed E-state index contributed by atoms with van der Waals surface area (Å²) in [6.45, 7) is 0. The van der Waals surface area contributed by atoms with E-state index in [2.05, 4.69) is 10.1 Å². The van der Waals surface area contributed by atoms with Crippen molar-refractivity contribution >= 4 is 12.1 Å². The largest absolute Gasteiger partial charge is 0.458 e. The number of alkyl carbamates (subject to hydrolysis) is 1. The van der Waals surface area contributed by atoms with Crippen molar-refractivity contribution in [2.24, 2.45) is 5.92 Å². The zero-order chi connectivity index (χ0) is 10.6. The van der Waals surface area contributed by atoms with Crippen molar-refractivity contribution in [3.05, 3.63) is 0 Å². The second-order valence-electron chi connectivity index (χ2n) is 4.05. The van der Waals surface area contributed by atoms with E-state index in [1.165, 1.54) is 7.11 Å². The molecule has 2 aliphatic heterocycles. The van der Waals surface area contributed by atoms with E-state index in [9.17, 15) is 9.59 Å². The Morgan fingerprint density at radius 2 is 2.33 bits per heavy atom. The molecule has 1 N–H and O–H groups in total. The molecule has 82 valence electrons. The Hall–Kier alpha value is -1.30. The van der Waals surface area contributed by atoms with Crippen molar-refractivity contribution in [1.82, 2.24) is 5.32 Å². The van der Waals surface area contributed by atoms with Crippen LogP contribution in [0, 0.1) is 5.92 Å². The van der Waals surface area contributed by atoms with Crippen LogP contribution in [0.3, 0.4) is 0 Å². The van der Waals surface area contributed by atoms with Crippen LogP contribution in [0.4, 0.5) is 4.79 Å². The van der Waals surface area contributed by atoms with Gasteiger partial charge in [0.05, 0.1) is 13.2 Å². The first-order chi connectivity index (χ1) is 7.20. The summed E-state index contributed by atoms with van der Waals surface area (Å²) in [6.07, 6.45) is 0.276. The van der Waals surface area contributed by atoms with Gasteiger partial charge in [0.1, 0.15) is 18.2 Å². The van der Waals surface area contributed by atoms with Crippen LogP contribution in [0.15, 0.2) is 0 Å². The number of carbonyl (C=O) groups is 2. The van der Waals surface area contributed by atoms with Gasteiger partial charge in [-0.3, -0.25) is 0 Å². The van der Waals surface area contributed by atoms with E-state index < -0.39 is 12.1 Å². The van der Waals surface area contributed by atoms with Gasteiger partial charge in [0, 0.05) is 5.92 Å². The van der Waals surface area contributed by atoms with Crippen LogP contribution >= 0.6 is 0 Å². The van der Waals surface area contributed by atoms with Gasteiger partial charge in [-0.1, -0.05) is 0 Å². The first-order valence-electron chi connectivity index (χ1n) is 4.91. The quantitative estimate of drug-likeness (QED) is 0.466. The Morgan fingerprint density at radius 3 is 3.07 bits per heavy atom. The summed E-state index contributed by atoms with van der Waals surface area (Å²) in [6, 6.07) is -0.571. The maximum atomic E-state index is 11.5. The fourth-order valence-electron chi connectivity index (χ4n) is 2.50. The second kappa shape index (κ2) is 2.85. The summed E-state index contributed by atoms with van der Waals surface area (Å²) >= 11 is 0. The Bertz CT molecular complexity index is 330. The molecule has 2 saturated heterocycles. The van der Waals surface area contributed by atoms with E-state index in [0.717, 1.165) is 6.42 Å². The molecule has 3 aliphatic rings. The molecular weight excluding hydrogens is 202 g/mol. The summed E-state index contributed by atoms with van der Waals surface area (Å²) in [5.74, 6) is -0.343. The van der Waals surface area contributed by atoms with Gasteiger partial charge in [-0.15, -0.1) is 0 Å². The van der Waals surface area contributed by atoms with E-state index >= 15 is 0 Å². The molecule has 0 aromatic heterocycles. The van der Waals surface area contributed by atoms with Crippen LogP contribution in [0.1, 0.15) is 6.42 Å². The topological polar surface area (TPSA) is 77.2 Å². The third-order valence-electron chi connectivity index (χ3n) is 3.27. The predicted octanol–water partition coefficient (Wildman–Crippen LogP) is -0.576. The van der Waals surface area contributed by atoms with Gasteiger partial charge in [0.2, 0.25) is 0 Å². The molecular formula is C9H11NO5. The number of ether oxygens (including phenoxy) is 3. The standard InChI is InChI=1S/C9H11NO5/c1-13-9(12)10-5-3-2-4-7(14-4)6(3)15-8(5)11/h3-7H,2H2,1H3,(H,10,12)/t3-,4+,5-,6+,7-/m0/s1. The van der Waals surface area contributed by atoms with Crippen molar-refractivity contribution in [2.45, 2.75) is 30.8 Å². The Balaban J connectivity index is 1.72. The fraction of sp³-hybridized carbons (Fsp3) is 0.778. The van der Waals surface area contributed by atoms with E-state index in [4.69, 9.17) is 9.47 Å². The second-order valence-corrected chi connectivity index (χ2v) is 4.05. The van der Waals surface area contributed by atoms with Gasteiger partial charge in [-0.2, -0.15) is 0 Å². The molecule has 0 aromatic carbocycles. The van der Waals surface area contributed by atoms with E-state index in [1.807, 2.05) is 0 Å². The zero-order valence-corrected chi connectivity index (χ0v) is 8.14. The average Bonchev–Trinajstić information content (AvgIpc) is 2.82. The zero-order valence-electron chi connectivity index (χ0n) is 8.14. The molecule has 0 bridgehead atoms. The summed E-state index contributed by atoms with van der Waals surface area (Å²) in [4.78, 5) is 22.5. The van der Waals surface area contributed by atoms with Crippen LogP contribution in [-0.2, 0) is 19.0 Å². The SMILES string of the molecule is COC(=O)N[C@@H]1C(=O)O[C@@H]2[C@H]1C[C@H]1O[C@H]21. The number of rotatable bonds is 1. The van der Waals surface area contributed by atoms with Crippen molar-refractivity contribution in [3.8, 4) is 0 Å². The van der Waals surface area contributed by atoms with Crippen LogP contribution in [0.25, 0.3) is 0 Å². The normalized spacial score (nSPS) is 45.4. The lowest BCUT2D eigenvalue weighted by atomic mass is 9.98. The molecule has 1 saturated carbocycles. The third kappa shape index (κ3) is 1.21. The highest BCUT2D eigenvalue weighted by atomic mass is 16.6. The molecule has 3 rings (SSSR count). The molecule has 1 amide bonds. The number of hydrogen-bond acceptors (Lipinski definition) is 5. The monoisotopic (exact) mass is 213 g/mol. The molecule has 1 aliphatic carbocycles. The molecule has 0 unspecified atom stereocenters. The first-order valence-corrected chi connectivity index (χ1v) is 4.91. The van der Waals surface area contributed by atoms with Gasteiger partial charge in [-0.05, 0) is 6.42 Å². The van der Waals surface area contributed by atoms with E-state index in [0.29, 0.717) is 0 Å². The third-order valence-corrected chi connectivity index (χ3v) is 3.27. The molecule has 3 fully saturated rings. The minimum Gasteiger partial charge on any atom is -0.458 e. The van der Waals surface area contributed by atoms with Crippen LogP contribution in [0.2, 0.25) is 0 Å². The van der Waals surface area contributed by atoms with Crippen molar-refractivity contribution < 1.29 is 23.8 Å². The number of hydrogen-bond donors (Lipinski definition) is 1. The number of carbonyl (C=O) groups excluding carboxylic acids is 2. The highest BCUT2D eigenvalue weighted by Crippen LogP contribution is 2.48. The average molecular weight is 213 g/mol. The van der Waals surface area contributed by atoms with Gasteiger partial charge >= 0.3 is 12.1 Å². The molecule has 2 heterocycles. The van der Waals surface area contributed by atoms with Crippen molar-refractivity contribution in [1.29, 1.82) is 0 Å². The minimum atomic E-state index is -0.598. The minimum absolute atomic E-state index is 0.0420. The molecule has 6 nitrogen and oxygen atoms in total. The molecule has 0 aromatic rings. The van der Waals surface area contributed by atoms with E-state index in [1.54, 1.807) is 0 Å². The number of methoxy groups -OCH3 is 1. The van der Waals surface area contributed by atoms with Gasteiger partial charge in [0.25, 0.3) is 0 Å². The molecule has 5 atom stereocenters. The van der Waals surface area contributed by atoms with Gasteiger partial charge in [-0.25, -0.2) is 9.59 Å². The number of epoxide rings is 1. The number of fused-ring (bicyclic) bond motifs is 3. The van der Waals surface area contributed by atoms with Crippen molar-refractivity contribution in [2.75, 3.05) is 7.11 Å². The maximum Gasteiger partial charge on any atom is 0.407 e. The lowest BCUT2D eigenvalue weighted by molar-refractivity contribution is -0.143. The number of esters is 1. The van der Waals surface area contributed by atoms with Crippen LogP contribution in [-0.4, -0.2) is 43.5 Å². The maximum absolute atomic E-state index is 11.5. The highest BCUT2D eigenvalue weighted by molar-refractivity contribution is 5.84. The summed E-state index contributed by atoms with van der Waals surface area (Å²) in [5, 5.41) is 2.50. The Labute approximate surface area is 85.9 Å². The smallest absolute Gasteiger partial charge is 0.407 e. The van der Waals surface area contributed by atoms with Gasteiger partial charge < -0.3 is 19.5 Å². The molecule has 0 spiro atoms. The highest BCUT2D eigenvalue weighted by Gasteiger charge is 2.64. The summed E-state index contributed by atoms with van der Waals surface area (Å²) < 4.78 is 14.9. The van der Waals surface area contributed by atoms with Crippen molar-refractivity contribution in [3.63, 3.8) is 0 Å².